The summed E-state index contributed by atoms with van der Waals surface area (Å²) < 4.78 is 11.3. The fraction of sp³-hybridized carbons (Fsp3) is 0.500. The van der Waals surface area contributed by atoms with E-state index in [0.717, 1.165) is 5.75 Å². The summed E-state index contributed by atoms with van der Waals surface area (Å²) in [5.41, 5.74) is 0. The molecule has 8 heteroatoms. The molecule has 2 aliphatic rings. The minimum absolute atomic E-state index is 0.0276. The zero-order valence-corrected chi connectivity index (χ0v) is 13.7. The van der Waals surface area contributed by atoms with Gasteiger partial charge in [0.1, 0.15) is 18.0 Å². The fourth-order valence-electron chi connectivity index (χ4n) is 2.84. The van der Waals surface area contributed by atoms with E-state index in [0.29, 0.717) is 31.0 Å². The average molecular weight is 355 g/mol. The quantitative estimate of drug-likeness (QED) is 0.860. The van der Waals surface area contributed by atoms with Gasteiger partial charge in [0.05, 0.1) is 25.7 Å². The third-order valence-electron chi connectivity index (χ3n) is 4.16. The van der Waals surface area contributed by atoms with E-state index in [-0.39, 0.29) is 24.7 Å². The van der Waals surface area contributed by atoms with Gasteiger partial charge in [0.15, 0.2) is 0 Å². The van der Waals surface area contributed by atoms with Crippen LogP contribution in [-0.2, 0) is 9.53 Å². The summed E-state index contributed by atoms with van der Waals surface area (Å²) >= 11 is 5.83. The Bertz CT molecular complexity index is 595. The predicted octanol–water partition coefficient (Wildman–Crippen LogP) is 1.74. The van der Waals surface area contributed by atoms with Crippen LogP contribution in [0.2, 0.25) is 5.02 Å². The number of amides is 2. The Morgan fingerprint density at radius 2 is 1.96 bits per heavy atom. The summed E-state index contributed by atoms with van der Waals surface area (Å²) in [7, 11) is 0. The molecule has 2 fully saturated rings. The molecule has 130 valence electrons. The van der Waals surface area contributed by atoms with Gasteiger partial charge in [-0.2, -0.15) is 0 Å². The van der Waals surface area contributed by atoms with E-state index >= 15 is 0 Å². The highest BCUT2D eigenvalue weighted by atomic mass is 35.5. The number of carboxylic acid groups (broad SMARTS) is 1. The number of nitrogens with one attached hydrogen (secondary N) is 1. The van der Waals surface area contributed by atoms with Crippen molar-refractivity contribution in [2.75, 3.05) is 19.7 Å². The van der Waals surface area contributed by atoms with Gasteiger partial charge in [-0.1, -0.05) is 11.6 Å². The van der Waals surface area contributed by atoms with Crippen LogP contribution < -0.4 is 10.1 Å². The minimum atomic E-state index is -1.07. The zero-order chi connectivity index (χ0) is 17.1. The highest BCUT2D eigenvalue weighted by molar-refractivity contribution is 6.30. The first-order valence-corrected chi connectivity index (χ1v) is 8.21. The Hall–Kier alpha value is -1.99. The average Bonchev–Trinajstić information content (AvgIpc) is 2.52. The summed E-state index contributed by atoms with van der Waals surface area (Å²) in [6.07, 6.45) is -0.476. The molecule has 0 saturated carbocycles. The van der Waals surface area contributed by atoms with Crippen LogP contribution in [-0.4, -0.2) is 60.0 Å². The second kappa shape index (κ2) is 7.27. The zero-order valence-electron chi connectivity index (χ0n) is 13.0. The molecular weight excluding hydrogens is 336 g/mol. The van der Waals surface area contributed by atoms with Gasteiger partial charge in [0, 0.05) is 5.02 Å². The van der Waals surface area contributed by atoms with Crippen molar-refractivity contribution in [1.29, 1.82) is 0 Å². The SMILES string of the molecule is O=C(O)N[C@@H]1CC[C@@H](C(=O)N2CC(Oc3ccc(Cl)cc3)C2)OC1. The van der Waals surface area contributed by atoms with Gasteiger partial charge in [-0.15, -0.1) is 0 Å². The number of ether oxygens (including phenoxy) is 2. The molecule has 2 saturated heterocycles. The van der Waals surface area contributed by atoms with E-state index in [4.69, 9.17) is 26.2 Å². The van der Waals surface area contributed by atoms with Crippen LogP contribution >= 0.6 is 11.6 Å². The molecule has 24 heavy (non-hydrogen) atoms. The Labute approximate surface area is 144 Å². The Morgan fingerprint density at radius 3 is 2.54 bits per heavy atom. The molecule has 2 heterocycles. The van der Waals surface area contributed by atoms with Gasteiger partial charge >= 0.3 is 6.09 Å². The molecule has 0 spiro atoms. The van der Waals surface area contributed by atoms with Gasteiger partial charge in [-0.05, 0) is 37.1 Å². The number of hydrogen-bond donors (Lipinski definition) is 2. The number of likely N-dealkylation sites (tertiary alicyclic amines) is 1. The highest BCUT2D eigenvalue weighted by Crippen LogP contribution is 2.23. The van der Waals surface area contributed by atoms with E-state index in [9.17, 15) is 9.59 Å². The van der Waals surface area contributed by atoms with Gasteiger partial charge in [0.2, 0.25) is 0 Å². The van der Waals surface area contributed by atoms with Crippen LogP contribution in [0.5, 0.6) is 5.75 Å². The van der Waals surface area contributed by atoms with E-state index in [1.54, 1.807) is 29.2 Å². The molecule has 1 aromatic rings. The van der Waals surface area contributed by atoms with E-state index in [1.165, 1.54) is 0 Å². The molecule has 1 aromatic carbocycles. The monoisotopic (exact) mass is 354 g/mol. The molecule has 2 amide bonds. The number of carbonyl (C=O) groups excluding carboxylic acids is 1. The lowest BCUT2D eigenvalue weighted by Crippen LogP contribution is -2.59. The van der Waals surface area contributed by atoms with Crippen LogP contribution in [0.25, 0.3) is 0 Å². The number of rotatable bonds is 4. The summed E-state index contributed by atoms with van der Waals surface area (Å²) in [5.74, 6) is 0.674. The first kappa shape index (κ1) is 16.9. The smallest absolute Gasteiger partial charge is 0.404 e. The van der Waals surface area contributed by atoms with Crippen LogP contribution in [0.3, 0.4) is 0 Å². The number of nitrogens with zero attached hydrogens (tertiary/aromatic N) is 1. The normalized spacial score (nSPS) is 24.1. The van der Waals surface area contributed by atoms with Crippen molar-refractivity contribution in [3.63, 3.8) is 0 Å². The lowest BCUT2D eigenvalue weighted by molar-refractivity contribution is -0.156. The van der Waals surface area contributed by atoms with Crippen LogP contribution in [0.4, 0.5) is 4.79 Å². The third-order valence-corrected chi connectivity index (χ3v) is 4.41. The second-order valence-corrected chi connectivity index (χ2v) is 6.42. The van der Waals surface area contributed by atoms with Crippen LogP contribution in [0.1, 0.15) is 12.8 Å². The number of carbonyl (C=O) groups is 2. The van der Waals surface area contributed by atoms with Gasteiger partial charge in [-0.25, -0.2) is 4.79 Å². The molecule has 0 unspecified atom stereocenters. The summed E-state index contributed by atoms with van der Waals surface area (Å²) in [4.78, 5) is 24.6. The molecule has 0 bridgehead atoms. The van der Waals surface area contributed by atoms with Crippen molar-refractivity contribution < 1.29 is 24.2 Å². The van der Waals surface area contributed by atoms with Crippen molar-refractivity contribution in [2.24, 2.45) is 0 Å². The molecule has 2 atom stereocenters. The maximum absolute atomic E-state index is 12.3. The van der Waals surface area contributed by atoms with Crippen molar-refractivity contribution in [3.05, 3.63) is 29.3 Å². The molecule has 3 rings (SSSR count). The van der Waals surface area contributed by atoms with Crippen molar-refractivity contribution in [3.8, 4) is 5.75 Å². The van der Waals surface area contributed by atoms with Gasteiger partial charge in [0.25, 0.3) is 5.91 Å². The molecule has 2 N–H and O–H groups in total. The number of hydrogen-bond acceptors (Lipinski definition) is 4. The Kier molecular flexibility index (Phi) is 5.11. The fourth-order valence-corrected chi connectivity index (χ4v) is 2.96. The van der Waals surface area contributed by atoms with Gasteiger partial charge < -0.3 is 24.8 Å². The summed E-state index contributed by atoms with van der Waals surface area (Å²) in [5, 5.41) is 11.7. The molecular formula is C16H19ClN2O5. The lowest BCUT2D eigenvalue weighted by atomic mass is 10.0. The van der Waals surface area contributed by atoms with Crippen LogP contribution in [0, 0.1) is 0 Å². The van der Waals surface area contributed by atoms with Crippen molar-refractivity contribution >= 4 is 23.6 Å². The molecule has 7 nitrogen and oxygen atoms in total. The van der Waals surface area contributed by atoms with E-state index < -0.39 is 12.2 Å². The summed E-state index contributed by atoms with van der Waals surface area (Å²) in [6, 6.07) is 6.87. The topological polar surface area (TPSA) is 88.1 Å². The second-order valence-electron chi connectivity index (χ2n) is 5.98. The lowest BCUT2D eigenvalue weighted by Gasteiger charge is -2.41. The predicted molar refractivity (Wildman–Crippen MR) is 86.4 cm³/mol. The molecule has 0 radical (unpaired) electrons. The van der Waals surface area contributed by atoms with Crippen LogP contribution in [0.15, 0.2) is 24.3 Å². The van der Waals surface area contributed by atoms with Crippen molar-refractivity contribution in [1.82, 2.24) is 10.2 Å². The van der Waals surface area contributed by atoms with Gasteiger partial charge in [-0.3, -0.25) is 4.79 Å². The minimum Gasteiger partial charge on any atom is -0.487 e. The maximum Gasteiger partial charge on any atom is 0.404 e. The third kappa shape index (κ3) is 4.10. The first-order chi connectivity index (χ1) is 11.5. The largest absolute Gasteiger partial charge is 0.487 e. The van der Waals surface area contributed by atoms with E-state index in [2.05, 4.69) is 5.32 Å². The maximum atomic E-state index is 12.3. The Balaban J connectivity index is 1.40. The first-order valence-electron chi connectivity index (χ1n) is 7.83. The number of benzene rings is 1. The summed E-state index contributed by atoms with van der Waals surface area (Å²) in [6.45, 7) is 1.28. The number of halogens is 1. The Morgan fingerprint density at radius 1 is 1.25 bits per heavy atom. The highest BCUT2D eigenvalue weighted by Gasteiger charge is 2.38. The van der Waals surface area contributed by atoms with Crippen molar-refractivity contribution in [2.45, 2.75) is 31.1 Å². The molecule has 0 aromatic heterocycles. The standard InChI is InChI=1S/C16H19ClN2O5/c17-10-1-4-12(5-2-10)24-13-7-19(8-13)15(20)14-6-3-11(9-23-14)18-16(21)22/h1-2,4-5,11,13-14,18H,3,6-9H2,(H,21,22)/t11-,14+/m1/s1. The molecule has 0 aliphatic carbocycles. The van der Waals surface area contributed by atoms with E-state index in [1.807, 2.05) is 0 Å². The molecule has 2 aliphatic heterocycles.